The van der Waals surface area contributed by atoms with Crippen molar-refractivity contribution in [3.63, 3.8) is 0 Å². The molecular weight excluding hydrogens is 272 g/mol. The summed E-state index contributed by atoms with van der Waals surface area (Å²) in [6.07, 6.45) is 1.20. The van der Waals surface area contributed by atoms with Crippen molar-refractivity contribution in [3.05, 3.63) is 20.8 Å². The van der Waals surface area contributed by atoms with E-state index in [0.29, 0.717) is 6.04 Å². The largest absolute Gasteiger partial charge is 0.315 e. The molecule has 1 atom stereocenters. The van der Waals surface area contributed by atoms with Crippen LogP contribution in [0.25, 0.3) is 0 Å². The van der Waals surface area contributed by atoms with E-state index in [-0.39, 0.29) is 0 Å². The molecule has 4 heteroatoms. The van der Waals surface area contributed by atoms with Gasteiger partial charge >= 0.3 is 0 Å². The maximum Gasteiger partial charge on any atom is 0.0701 e. The molecule has 0 spiro atoms. The zero-order chi connectivity index (χ0) is 11.1. The molecule has 0 bridgehead atoms. The summed E-state index contributed by atoms with van der Waals surface area (Å²) in [6.45, 7) is 7.52. The molecule has 2 nitrogen and oxygen atoms in total. The zero-order valence-electron chi connectivity index (χ0n) is 9.35. The van der Waals surface area contributed by atoms with Gasteiger partial charge < -0.3 is 10.6 Å². The van der Waals surface area contributed by atoms with Crippen LogP contribution in [-0.4, -0.2) is 19.1 Å². The molecule has 0 aliphatic carbocycles. The lowest BCUT2D eigenvalue weighted by Gasteiger charge is -2.13. The second-order valence-corrected chi connectivity index (χ2v) is 6.24. The molecule has 0 aromatic carbocycles. The summed E-state index contributed by atoms with van der Waals surface area (Å²) in [5.41, 5.74) is 0. The van der Waals surface area contributed by atoms with Crippen molar-refractivity contribution in [2.75, 3.05) is 13.1 Å². The first kappa shape index (κ1) is 13.2. The van der Waals surface area contributed by atoms with Crippen LogP contribution in [0.4, 0.5) is 0 Å². The molecule has 1 aromatic heterocycles. The normalized spacial score (nSPS) is 13.0. The minimum Gasteiger partial charge on any atom is -0.315 e. The van der Waals surface area contributed by atoms with Crippen molar-refractivity contribution in [1.82, 2.24) is 10.6 Å². The number of nitrogens with one attached hydrogen (secondary N) is 2. The van der Waals surface area contributed by atoms with Crippen LogP contribution in [0.15, 0.2) is 15.9 Å². The Morgan fingerprint density at radius 1 is 1.47 bits per heavy atom. The highest BCUT2D eigenvalue weighted by molar-refractivity contribution is 9.11. The first-order valence-electron chi connectivity index (χ1n) is 5.40. The van der Waals surface area contributed by atoms with Gasteiger partial charge in [-0.05, 0) is 48.0 Å². The average molecular weight is 291 g/mol. The van der Waals surface area contributed by atoms with Gasteiger partial charge in [-0.1, -0.05) is 6.92 Å². The van der Waals surface area contributed by atoms with Gasteiger partial charge in [0.05, 0.1) is 3.79 Å². The van der Waals surface area contributed by atoms with Gasteiger partial charge in [0.15, 0.2) is 0 Å². The summed E-state index contributed by atoms with van der Waals surface area (Å²) in [4.78, 5) is 1.38. The Bertz CT molecular complexity index is 275. The molecule has 1 heterocycles. The molecule has 0 saturated carbocycles. The molecule has 0 radical (unpaired) electrons. The first-order valence-corrected chi connectivity index (χ1v) is 7.01. The molecular formula is C11H19BrN2S. The van der Waals surface area contributed by atoms with Crippen molar-refractivity contribution in [2.45, 2.75) is 32.9 Å². The number of thiophene rings is 1. The van der Waals surface area contributed by atoms with E-state index in [4.69, 9.17) is 0 Å². The van der Waals surface area contributed by atoms with E-state index in [2.05, 4.69) is 52.5 Å². The topological polar surface area (TPSA) is 24.1 Å². The van der Waals surface area contributed by atoms with Crippen LogP contribution < -0.4 is 10.6 Å². The molecule has 1 unspecified atom stereocenters. The maximum absolute atomic E-state index is 3.50. The molecule has 0 saturated heterocycles. The Morgan fingerprint density at radius 2 is 2.27 bits per heavy atom. The Balaban J connectivity index is 2.13. The van der Waals surface area contributed by atoms with Gasteiger partial charge in [-0.2, -0.15) is 0 Å². The highest BCUT2D eigenvalue weighted by Crippen LogP contribution is 2.21. The second kappa shape index (κ2) is 7.39. The van der Waals surface area contributed by atoms with E-state index < -0.39 is 0 Å². The molecule has 1 aromatic rings. The molecule has 0 amide bonds. The highest BCUT2D eigenvalue weighted by Gasteiger charge is 2.02. The number of halogens is 1. The standard InChI is InChI=1S/C11H19BrN2S/c1-3-6-13-7-9(2)14-8-10-4-5-11(12)15-10/h4-5,9,13-14H,3,6-8H2,1-2H3. The van der Waals surface area contributed by atoms with Crippen LogP contribution in [-0.2, 0) is 6.54 Å². The van der Waals surface area contributed by atoms with Crippen LogP contribution in [0.1, 0.15) is 25.1 Å². The van der Waals surface area contributed by atoms with Crippen LogP contribution >= 0.6 is 27.3 Å². The predicted molar refractivity (Wildman–Crippen MR) is 71.5 cm³/mol. The van der Waals surface area contributed by atoms with Gasteiger partial charge in [-0.15, -0.1) is 11.3 Å². The molecule has 1 rings (SSSR count). The van der Waals surface area contributed by atoms with Crippen LogP contribution in [0.3, 0.4) is 0 Å². The van der Waals surface area contributed by atoms with Crippen molar-refractivity contribution in [3.8, 4) is 0 Å². The maximum atomic E-state index is 3.50. The van der Waals surface area contributed by atoms with E-state index in [1.54, 1.807) is 11.3 Å². The summed E-state index contributed by atoms with van der Waals surface area (Å²) in [7, 11) is 0. The average Bonchev–Trinajstić information content (AvgIpc) is 2.62. The van der Waals surface area contributed by atoms with Crippen molar-refractivity contribution in [2.24, 2.45) is 0 Å². The summed E-state index contributed by atoms with van der Waals surface area (Å²) < 4.78 is 1.20. The van der Waals surface area contributed by atoms with Crippen molar-refractivity contribution >= 4 is 27.3 Å². The van der Waals surface area contributed by atoms with E-state index in [0.717, 1.165) is 19.6 Å². The second-order valence-electron chi connectivity index (χ2n) is 3.69. The number of rotatable bonds is 7. The van der Waals surface area contributed by atoms with Gasteiger partial charge in [-0.25, -0.2) is 0 Å². The summed E-state index contributed by atoms with van der Waals surface area (Å²) in [5, 5.41) is 6.91. The number of hydrogen-bond acceptors (Lipinski definition) is 3. The Kier molecular flexibility index (Phi) is 6.48. The smallest absolute Gasteiger partial charge is 0.0701 e. The third-order valence-corrected chi connectivity index (χ3v) is 3.75. The van der Waals surface area contributed by atoms with Gasteiger partial charge in [0.25, 0.3) is 0 Å². The third-order valence-electron chi connectivity index (χ3n) is 2.13. The van der Waals surface area contributed by atoms with Crippen molar-refractivity contribution < 1.29 is 0 Å². The fourth-order valence-corrected chi connectivity index (χ4v) is 2.72. The fourth-order valence-electron chi connectivity index (χ4n) is 1.29. The minimum absolute atomic E-state index is 0.525. The third kappa shape index (κ3) is 5.66. The first-order chi connectivity index (χ1) is 7.22. The van der Waals surface area contributed by atoms with E-state index >= 15 is 0 Å². The van der Waals surface area contributed by atoms with E-state index in [1.807, 2.05) is 0 Å². The summed E-state index contributed by atoms with van der Waals surface area (Å²) in [6, 6.07) is 4.78. The van der Waals surface area contributed by atoms with Gasteiger partial charge in [0, 0.05) is 24.0 Å². The van der Waals surface area contributed by atoms with Gasteiger partial charge in [0.2, 0.25) is 0 Å². The predicted octanol–water partition coefficient (Wildman–Crippen LogP) is 2.99. The quantitative estimate of drug-likeness (QED) is 0.755. The minimum atomic E-state index is 0.525. The van der Waals surface area contributed by atoms with E-state index in [1.165, 1.54) is 15.1 Å². The van der Waals surface area contributed by atoms with Crippen LogP contribution in [0.5, 0.6) is 0 Å². The molecule has 86 valence electrons. The summed E-state index contributed by atoms with van der Waals surface area (Å²) in [5.74, 6) is 0. The summed E-state index contributed by atoms with van der Waals surface area (Å²) >= 11 is 5.26. The molecule has 0 fully saturated rings. The molecule has 0 aliphatic rings. The monoisotopic (exact) mass is 290 g/mol. The van der Waals surface area contributed by atoms with Crippen LogP contribution in [0.2, 0.25) is 0 Å². The van der Waals surface area contributed by atoms with Crippen molar-refractivity contribution in [1.29, 1.82) is 0 Å². The van der Waals surface area contributed by atoms with Gasteiger partial charge in [0.1, 0.15) is 0 Å². The van der Waals surface area contributed by atoms with Crippen LogP contribution in [0, 0.1) is 0 Å². The lowest BCUT2D eigenvalue weighted by molar-refractivity contribution is 0.503. The number of hydrogen-bond donors (Lipinski definition) is 2. The molecule has 0 aliphatic heterocycles. The zero-order valence-corrected chi connectivity index (χ0v) is 11.7. The lowest BCUT2D eigenvalue weighted by atomic mass is 10.3. The molecule has 15 heavy (non-hydrogen) atoms. The van der Waals surface area contributed by atoms with E-state index in [9.17, 15) is 0 Å². The Labute approximate surface area is 105 Å². The fraction of sp³-hybridized carbons (Fsp3) is 0.636. The lowest BCUT2D eigenvalue weighted by Crippen LogP contribution is -2.36. The highest BCUT2D eigenvalue weighted by atomic mass is 79.9. The SMILES string of the molecule is CCCNCC(C)NCc1ccc(Br)s1. The van der Waals surface area contributed by atoms with Gasteiger partial charge in [-0.3, -0.25) is 0 Å². The Hall–Kier alpha value is 0.1000. The molecule has 2 N–H and O–H groups in total. The Morgan fingerprint density at radius 3 is 2.87 bits per heavy atom.